The van der Waals surface area contributed by atoms with Crippen molar-refractivity contribution in [3.8, 4) is 11.5 Å². The fourth-order valence-corrected chi connectivity index (χ4v) is 1.99. The van der Waals surface area contributed by atoms with Crippen LogP contribution in [-0.4, -0.2) is 4.92 Å². The van der Waals surface area contributed by atoms with E-state index in [9.17, 15) is 14.5 Å². The van der Waals surface area contributed by atoms with E-state index in [0.717, 1.165) is 0 Å². The van der Waals surface area contributed by atoms with Gasteiger partial charge < -0.3 is 10.5 Å². The van der Waals surface area contributed by atoms with E-state index in [4.69, 9.17) is 10.5 Å². The fourth-order valence-electron chi connectivity index (χ4n) is 1.65. The van der Waals surface area contributed by atoms with Gasteiger partial charge in [0.2, 0.25) is 5.75 Å². The summed E-state index contributed by atoms with van der Waals surface area (Å²) in [5.41, 5.74) is 5.75. The number of halogens is 2. The van der Waals surface area contributed by atoms with E-state index in [1.165, 1.54) is 30.3 Å². The van der Waals surface area contributed by atoms with Gasteiger partial charge in [0, 0.05) is 22.6 Å². The molecule has 0 aromatic heterocycles. The molecule has 2 rings (SSSR count). The molecule has 0 fully saturated rings. The molecular weight excluding hydrogens is 331 g/mol. The van der Waals surface area contributed by atoms with Gasteiger partial charge in [-0.05, 0) is 30.3 Å². The van der Waals surface area contributed by atoms with Crippen LogP contribution in [0, 0.1) is 15.9 Å². The lowest BCUT2D eigenvalue weighted by molar-refractivity contribution is -0.385. The van der Waals surface area contributed by atoms with Crippen LogP contribution in [0.25, 0.3) is 0 Å². The highest BCUT2D eigenvalue weighted by Crippen LogP contribution is 2.35. The molecule has 20 heavy (non-hydrogen) atoms. The minimum absolute atomic E-state index is 0.0669. The van der Waals surface area contributed by atoms with Crippen molar-refractivity contribution >= 4 is 21.6 Å². The third kappa shape index (κ3) is 3.12. The van der Waals surface area contributed by atoms with E-state index in [2.05, 4.69) is 15.9 Å². The zero-order chi connectivity index (χ0) is 14.7. The zero-order valence-electron chi connectivity index (χ0n) is 10.2. The molecule has 0 amide bonds. The second-order valence-electron chi connectivity index (χ2n) is 3.93. The van der Waals surface area contributed by atoms with Crippen molar-refractivity contribution in [1.29, 1.82) is 0 Å². The minimum Gasteiger partial charge on any atom is -0.450 e. The smallest absolute Gasteiger partial charge is 0.312 e. The van der Waals surface area contributed by atoms with Crippen LogP contribution in [0.2, 0.25) is 0 Å². The third-order valence-electron chi connectivity index (χ3n) is 2.58. The predicted octanol–water partition coefficient (Wildman–Crippen LogP) is 3.75. The lowest BCUT2D eigenvalue weighted by atomic mass is 10.2. The van der Waals surface area contributed by atoms with Gasteiger partial charge in [-0.1, -0.05) is 15.9 Å². The number of nitrogens with zero attached hydrogens (tertiary/aromatic N) is 1. The number of ether oxygens (including phenoxy) is 1. The van der Waals surface area contributed by atoms with E-state index in [0.29, 0.717) is 15.8 Å². The first-order valence-electron chi connectivity index (χ1n) is 5.61. The Bertz CT molecular complexity index is 664. The van der Waals surface area contributed by atoms with Gasteiger partial charge in [-0.15, -0.1) is 0 Å². The van der Waals surface area contributed by atoms with Crippen LogP contribution in [0.4, 0.5) is 10.1 Å². The van der Waals surface area contributed by atoms with Crippen molar-refractivity contribution in [2.75, 3.05) is 0 Å². The molecular formula is C13H10BrFN2O3. The minimum atomic E-state index is -0.550. The normalized spacial score (nSPS) is 10.3. The van der Waals surface area contributed by atoms with Crippen LogP contribution in [0.15, 0.2) is 40.9 Å². The maximum Gasteiger partial charge on any atom is 0.312 e. The van der Waals surface area contributed by atoms with Crippen LogP contribution in [0.5, 0.6) is 11.5 Å². The van der Waals surface area contributed by atoms with Crippen molar-refractivity contribution < 1.29 is 14.1 Å². The summed E-state index contributed by atoms with van der Waals surface area (Å²) < 4.78 is 19.2. The number of hydrogen-bond acceptors (Lipinski definition) is 4. The van der Waals surface area contributed by atoms with E-state index in [-0.39, 0.29) is 18.0 Å². The molecule has 0 spiro atoms. The van der Waals surface area contributed by atoms with Crippen molar-refractivity contribution in [3.05, 3.63) is 62.4 Å². The number of nitrogens with two attached hydrogens (primary N) is 1. The van der Waals surface area contributed by atoms with E-state index in [1.54, 1.807) is 6.07 Å². The van der Waals surface area contributed by atoms with Crippen LogP contribution in [-0.2, 0) is 6.54 Å². The molecule has 0 aliphatic carbocycles. The van der Waals surface area contributed by atoms with Gasteiger partial charge in [0.1, 0.15) is 11.6 Å². The van der Waals surface area contributed by atoms with Gasteiger partial charge in [0.15, 0.2) is 0 Å². The van der Waals surface area contributed by atoms with Gasteiger partial charge in [0.25, 0.3) is 0 Å². The molecule has 0 radical (unpaired) electrons. The average molecular weight is 341 g/mol. The summed E-state index contributed by atoms with van der Waals surface area (Å²) >= 11 is 3.16. The highest BCUT2D eigenvalue weighted by atomic mass is 79.9. The topological polar surface area (TPSA) is 78.4 Å². The van der Waals surface area contributed by atoms with Crippen LogP contribution < -0.4 is 10.5 Å². The molecule has 2 N–H and O–H groups in total. The Labute approximate surface area is 122 Å². The predicted molar refractivity (Wildman–Crippen MR) is 75.2 cm³/mol. The van der Waals surface area contributed by atoms with Gasteiger partial charge in [-0.3, -0.25) is 10.1 Å². The molecule has 0 aliphatic rings. The molecule has 0 heterocycles. The third-order valence-corrected chi connectivity index (χ3v) is 3.07. The maximum absolute atomic E-state index is 13.1. The molecule has 0 saturated heterocycles. The molecule has 2 aromatic rings. The van der Waals surface area contributed by atoms with Gasteiger partial charge in [0.05, 0.1) is 4.92 Å². The Hall–Kier alpha value is -1.99. The van der Waals surface area contributed by atoms with Crippen LogP contribution in [0.3, 0.4) is 0 Å². The van der Waals surface area contributed by atoms with E-state index in [1.807, 2.05) is 0 Å². The number of rotatable bonds is 4. The lowest BCUT2D eigenvalue weighted by Crippen LogP contribution is -2.01. The molecule has 0 aliphatic heterocycles. The Morgan fingerprint density at radius 2 is 1.95 bits per heavy atom. The van der Waals surface area contributed by atoms with E-state index >= 15 is 0 Å². The quantitative estimate of drug-likeness (QED) is 0.679. The second kappa shape index (κ2) is 5.98. The summed E-state index contributed by atoms with van der Waals surface area (Å²) in [7, 11) is 0. The summed E-state index contributed by atoms with van der Waals surface area (Å²) in [6.07, 6.45) is 0. The molecule has 2 aromatic carbocycles. The molecule has 104 valence electrons. The molecule has 0 bridgehead atoms. The number of nitro benzene ring substituents is 1. The summed E-state index contributed by atoms with van der Waals surface area (Å²) in [5.74, 6) is -0.0815. The maximum atomic E-state index is 13.1. The van der Waals surface area contributed by atoms with Crippen LogP contribution >= 0.6 is 15.9 Å². The first-order chi connectivity index (χ1) is 9.51. The first-order valence-corrected chi connectivity index (χ1v) is 6.41. The molecule has 0 unspecified atom stereocenters. The molecule has 0 atom stereocenters. The number of benzene rings is 2. The lowest BCUT2D eigenvalue weighted by Gasteiger charge is -2.10. The Morgan fingerprint density at radius 1 is 1.25 bits per heavy atom. The van der Waals surface area contributed by atoms with Crippen molar-refractivity contribution in [2.45, 2.75) is 6.54 Å². The Kier molecular flexibility index (Phi) is 4.31. The summed E-state index contributed by atoms with van der Waals surface area (Å²) in [6, 6.07) is 8.25. The standard InChI is InChI=1S/C13H10BrFN2O3/c14-9-1-3-13(11(6-9)17(18)19)20-12-4-2-10(15)5-8(12)7-16/h1-6H,7,16H2. The summed E-state index contributed by atoms with van der Waals surface area (Å²) in [6.45, 7) is 0.0669. The van der Waals surface area contributed by atoms with Crippen LogP contribution in [0.1, 0.15) is 5.56 Å². The molecule has 5 nitrogen and oxygen atoms in total. The average Bonchev–Trinajstić information content (AvgIpc) is 2.42. The monoisotopic (exact) mass is 340 g/mol. The van der Waals surface area contributed by atoms with Gasteiger partial charge in [-0.2, -0.15) is 0 Å². The second-order valence-corrected chi connectivity index (χ2v) is 4.84. The highest BCUT2D eigenvalue weighted by Gasteiger charge is 2.17. The Morgan fingerprint density at radius 3 is 2.60 bits per heavy atom. The molecule has 7 heteroatoms. The summed E-state index contributed by atoms with van der Waals surface area (Å²) in [5, 5.41) is 11.0. The van der Waals surface area contributed by atoms with E-state index < -0.39 is 10.7 Å². The largest absolute Gasteiger partial charge is 0.450 e. The fraction of sp³-hybridized carbons (Fsp3) is 0.0769. The highest BCUT2D eigenvalue weighted by molar-refractivity contribution is 9.10. The summed E-state index contributed by atoms with van der Waals surface area (Å²) in [4.78, 5) is 10.4. The van der Waals surface area contributed by atoms with Crippen molar-refractivity contribution in [1.82, 2.24) is 0 Å². The van der Waals surface area contributed by atoms with Gasteiger partial charge >= 0.3 is 5.69 Å². The first kappa shape index (κ1) is 14.4. The SMILES string of the molecule is NCc1cc(F)ccc1Oc1ccc(Br)cc1[N+](=O)[O-]. The van der Waals surface area contributed by atoms with Crippen molar-refractivity contribution in [3.63, 3.8) is 0 Å². The van der Waals surface area contributed by atoms with Gasteiger partial charge in [-0.25, -0.2) is 4.39 Å². The zero-order valence-corrected chi connectivity index (χ0v) is 11.8. The number of nitro groups is 1. The molecule has 0 saturated carbocycles. The number of hydrogen-bond donors (Lipinski definition) is 1. The Balaban J connectivity index is 2.42. The van der Waals surface area contributed by atoms with Crippen molar-refractivity contribution in [2.24, 2.45) is 5.73 Å².